The summed E-state index contributed by atoms with van der Waals surface area (Å²) >= 11 is 0. The lowest BCUT2D eigenvalue weighted by Gasteiger charge is -2.12. The summed E-state index contributed by atoms with van der Waals surface area (Å²) in [6, 6.07) is 10.5. The summed E-state index contributed by atoms with van der Waals surface area (Å²) in [6.07, 6.45) is -5.21. The highest BCUT2D eigenvalue weighted by Crippen LogP contribution is 2.35. The molecule has 124 valence electrons. The average Bonchev–Trinajstić information content (AvgIpc) is 2.88. The minimum atomic E-state index is -4.72. The Morgan fingerprint density at radius 3 is 2.46 bits per heavy atom. The first-order valence-corrected chi connectivity index (χ1v) is 7.02. The number of rotatable bonds is 2. The van der Waals surface area contributed by atoms with Crippen LogP contribution in [0, 0.1) is 5.82 Å². The molecule has 0 aliphatic heterocycles. The number of fused-ring (bicyclic) bond motifs is 1. The zero-order valence-corrected chi connectivity index (χ0v) is 12.3. The van der Waals surface area contributed by atoms with E-state index in [0.29, 0.717) is 4.57 Å². The number of alkyl halides is 3. The smallest absolute Gasteiger partial charge is 0.399 e. The van der Waals surface area contributed by atoms with Crippen molar-refractivity contribution in [2.45, 2.75) is 12.6 Å². The Kier molecular flexibility index (Phi) is 3.79. The fourth-order valence-electron chi connectivity index (χ4n) is 2.59. The summed E-state index contributed by atoms with van der Waals surface area (Å²) in [5.74, 6) is -1.51. The highest BCUT2D eigenvalue weighted by atomic mass is 19.4. The second-order valence-corrected chi connectivity index (χ2v) is 5.34. The van der Waals surface area contributed by atoms with E-state index in [0.717, 1.165) is 12.1 Å². The van der Waals surface area contributed by atoms with E-state index in [2.05, 4.69) is 0 Å². The number of carbonyl (C=O) groups excluding carboxylic acids is 1. The molecule has 0 radical (unpaired) electrons. The van der Waals surface area contributed by atoms with E-state index in [9.17, 15) is 22.4 Å². The maximum absolute atomic E-state index is 13.7. The van der Waals surface area contributed by atoms with E-state index in [1.807, 2.05) is 0 Å². The molecule has 2 N–H and O–H groups in total. The van der Waals surface area contributed by atoms with Crippen LogP contribution in [-0.4, -0.2) is 10.5 Å². The van der Waals surface area contributed by atoms with Gasteiger partial charge in [-0.3, -0.25) is 9.36 Å². The molecule has 0 bridgehead atoms. The second kappa shape index (κ2) is 5.67. The molecule has 0 aliphatic carbocycles. The summed E-state index contributed by atoms with van der Waals surface area (Å²) in [4.78, 5) is 12.5. The fraction of sp³-hybridized carbons (Fsp3) is 0.118. The summed E-state index contributed by atoms with van der Waals surface area (Å²) in [7, 11) is 0. The van der Waals surface area contributed by atoms with Gasteiger partial charge in [-0.1, -0.05) is 18.2 Å². The van der Waals surface area contributed by atoms with E-state index in [1.165, 1.54) is 36.4 Å². The van der Waals surface area contributed by atoms with Crippen molar-refractivity contribution < 1.29 is 22.4 Å². The molecular weight excluding hydrogens is 324 g/mol. The average molecular weight is 336 g/mol. The van der Waals surface area contributed by atoms with Gasteiger partial charge in [0.15, 0.2) is 0 Å². The van der Waals surface area contributed by atoms with Crippen LogP contribution in [0.15, 0.2) is 48.5 Å². The van der Waals surface area contributed by atoms with Crippen LogP contribution in [0.25, 0.3) is 10.9 Å². The normalized spacial score (nSPS) is 11.8. The van der Waals surface area contributed by atoms with Crippen molar-refractivity contribution >= 4 is 22.5 Å². The predicted octanol–water partition coefficient (Wildman–Crippen LogP) is 4.26. The molecule has 0 saturated carbocycles. The van der Waals surface area contributed by atoms with Crippen LogP contribution in [0.4, 0.5) is 23.2 Å². The monoisotopic (exact) mass is 336 g/mol. The lowest BCUT2D eigenvalue weighted by Crippen LogP contribution is -2.21. The van der Waals surface area contributed by atoms with Crippen molar-refractivity contribution in [3.05, 3.63) is 65.6 Å². The SMILES string of the molecule is Nc1ccc2c(c1)cc(C(F)(F)F)n2C(=O)Cc1ccccc1F. The van der Waals surface area contributed by atoms with Crippen molar-refractivity contribution in [1.82, 2.24) is 4.57 Å². The van der Waals surface area contributed by atoms with Crippen molar-refractivity contribution in [3.63, 3.8) is 0 Å². The van der Waals surface area contributed by atoms with E-state index in [1.54, 1.807) is 0 Å². The maximum Gasteiger partial charge on any atom is 0.431 e. The number of aromatic nitrogens is 1. The number of hydrogen-bond donors (Lipinski definition) is 1. The number of nitrogens with two attached hydrogens (primary N) is 1. The number of benzene rings is 2. The van der Waals surface area contributed by atoms with E-state index >= 15 is 0 Å². The molecule has 7 heteroatoms. The van der Waals surface area contributed by atoms with Gasteiger partial charge in [0, 0.05) is 11.1 Å². The molecular formula is C17H12F4N2O. The molecule has 3 rings (SSSR count). The Labute approximate surface area is 134 Å². The Balaban J connectivity index is 2.13. The molecule has 0 fully saturated rings. The predicted molar refractivity (Wildman–Crippen MR) is 82.1 cm³/mol. The Bertz CT molecular complexity index is 928. The third-order valence-electron chi connectivity index (χ3n) is 3.66. The molecule has 0 atom stereocenters. The fourth-order valence-corrected chi connectivity index (χ4v) is 2.59. The van der Waals surface area contributed by atoms with Crippen molar-refractivity contribution in [2.24, 2.45) is 0 Å². The zero-order chi connectivity index (χ0) is 17.5. The van der Waals surface area contributed by atoms with Gasteiger partial charge in [-0.05, 0) is 35.9 Å². The minimum Gasteiger partial charge on any atom is -0.399 e. The summed E-state index contributed by atoms with van der Waals surface area (Å²) in [5, 5.41) is 0.198. The molecule has 1 aromatic heterocycles. The summed E-state index contributed by atoms with van der Waals surface area (Å²) in [6.45, 7) is 0. The first-order chi connectivity index (χ1) is 11.3. The number of nitrogens with zero attached hydrogens (tertiary/aromatic N) is 1. The van der Waals surface area contributed by atoms with Crippen molar-refractivity contribution in [1.29, 1.82) is 0 Å². The van der Waals surface area contributed by atoms with Crippen molar-refractivity contribution in [3.8, 4) is 0 Å². The van der Waals surface area contributed by atoms with E-state index in [4.69, 9.17) is 5.73 Å². The Morgan fingerprint density at radius 2 is 1.79 bits per heavy atom. The molecule has 0 spiro atoms. The van der Waals surface area contributed by atoms with Gasteiger partial charge in [-0.15, -0.1) is 0 Å². The summed E-state index contributed by atoms with van der Waals surface area (Å²) < 4.78 is 54.1. The van der Waals surface area contributed by atoms with E-state index < -0.39 is 30.0 Å². The van der Waals surface area contributed by atoms with Crippen LogP contribution in [0.3, 0.4) is 0 Å². The molecule has 0 amide bonds. The lowest BCUT2D eigenvalue weighted by molar-refractivity contribution is -0.142. The molecule has 1 heterocycles. The van der Waals surface area contributed by atoms with Gasteiger partial charge < -0.3 is 5.73 Å². The molecule has 0 unspecified atom stereocenters. The molecule has 3 nitrogen and oxygen atoms in total. The van der Waals surface area contributed by atoms with Crippen LogP contribution >= 0.6 is 0 Å². The van der Waals surface area contributed by atoms with Crippen LogP contribution in [0.2, 0.25) is 0 Å². The summed E-state index contributed by atoms with van der Waals surface area (Å²) in [5.41, 5.74) is 4.88. The topological polar surface area (TPSA) is 48.0 Å². The minimum absolute atomic E-state index is 0.0351. The lowest BCUT2D eigenvalue weighted by atomic mass is 10.1. The molecule has 24 heavy (non-hydrogen) atoms. The van der Waals surface area contributed by atoms with Gasteiger partial charge in [-0.2, -0.15) is 13.2 Å². The number of nitrogen functional groups attached to an aromatic ring is 1. The van der Waals surface area contributed by atoms with Gasteiger partial charge in [0.2, 0.25) is 5.91 Å². The zero-order valence-electron chi connectivity index (χ0n) is 12.3. The number of hydrogen-bond acceptors (Lipinski definition) is 2. The molecule has 0 aliphatic rings. The van der Waals surface area contributed by atoms with Gasteiger partial charge in [0.25, 0.3) is 0 Å². The van der Waals surface area contributed by atoms with Gasteiger partial charge in [0.1, 0.15) is 11.5 Å². The number of anilines is 1. The van der Waals surface area contributed by atoms with Crippen LogP contribution in [0.5, 0.6) is 0 Å². The first-order valence-electron chi connectivity index (χ1n) is 7.02. The van der Waals surface area contributed by atoms with Gasteiger partial charge in [0.05, 0.1) is 11.9 Å². The largest absolute Gasteiger partial charge is 0.431 e. The van der Waals surface area contributed by atoms with Crippen LogP contribution < -0.4 is 5.73 Å². The molecule has 2 aromatic carbocycles. The second-order valence-electron chi connectivity index (χ2n) is 5.34. The van der Waals surface area contributed by atoms with Crippen LogP contribution in [0.1, 0.15) is 16.1 Å². The van der Waals surface area contributed by atoms with E-state index in [-0.39, 0.29) is 22.2 Å². The van der Waals surface area contributed by atoms with Gasteiger partial charge >= 0.3 is 6.18 Å². The Hall–Kier alpha value is -2.83. The highest BCUT2D eigenvalue weighted by molar-refractivity contribution is 5.96. The third-order valence-corrected chi connectivity index (χ3v) is 3.66. The first kappa shape index (κ1) is 16.0. The maximum atomic E-state index is 13.7. The molecule has 3 aromatic rings. The number of carbonyl (C=O) groups is 1. The Morgan fingerprint density at radius 1 is 1.08 bits per heavy atom. The van der Waals surface area contributed by atoms with Crippen molar-refractivity contribution in [2.75, 3.05) is 5.73 Å². The number of halogens is 4. The van der Waals surface area contributed by atoms with Crippen LogP contribution in [-0.2, 0) is 12.6 Å². The molecule has 0 saturated heterocycles. The van der Waals surface area contributed by atoms with Gasteiger partial charge in [-0.25, -0.2) is 4.39 Å². The highest BCUT2D eigenvalue weighted by Gasteiger charge is 2.37. The standard InChI is InChI=1S/C17H12F4N2O/c18-13-4-2-1-3-10(13)9-16(24)23-14-6-5-12(22)7-11(14)8-15(23)17(19,20)21/h1-8H,9,22H2. The quantitative estimate of drug-likeness (QED) is 0.561. The third kappa shape index (κ3) is 2.84.